The Morgan fingerprint density at radius 2 is 2.06 bits per heavy atom. The normalized spacial score (nSPS) is 28.0. The van der Waals surface area contributed by atoms with Crippen LogP contribution in [-0.4, -0.2) is 11.1 Å². The van der Waals surface area contributed by atoms with Crippen LogP contribution in [0.2, 0.25) is 0 Å². The molecule has 2 nitrogen and oxygen atoms in total. The molecule has 1 aromatic carbocycles. The molecule has 2 atom stereocenters. The number of benzene rings is 1. The average molecular weight is 246 g/mol. The van der Waals surface area contributed by atoms with E-state index in [4.69, 9.17) is 0 Å². The molecule has 2 heteroatoms. The van der Waals surface area contributed by atoms with Gasteiger partial charge in [-0.15, -0.1) is 0 Å². The molecule has 0 saturated heterocycles. The molecule has 18 heavy (non-hydrogen) atoms. The van der Waals surface area contributed by atoms with Gasteiger partial charge in [0.25, 0.3) is 0 Å². The summed E-state index contributed by atoms with van der Waals surface area (Å²) >= 11 is 0. The van der Waals surface area contributed by atoms with E-state index in [9.17, 15) is 9.90 Å². The second-order valence-corrected chi connectivity index (χ2v) is 5.95. The van der Waals surface area contributed by atoms with Crippen LogP contribution in [0, 0.1) is 18.3 Å². The van der Waals surface area contributed by atoms with Gasteiger partial charge in [0.2, 0.25) is 0 Å². The largest absolute Gasteiger partial charge is 0.481 e. The van der Waals surface area contributed by atoms with E-state index in [0.29, 0.717) is 12.3 Å². The third-order valence-corrected chi connectivity index (χ3v) is 4.21. The Balaban J connectivity index is 2.20. The first-order valence-corrected chi connectivity index (χ1v) is 6.81. The monoisotopic (exact) mass is 246 g/mol. The molecule has 0 bridgehead atoms. The summed E-state index contributed by atoms with van der Waals surface area (Å²) in [6, 6.07) is 8.27. The van der Waals surface area contributed by atoms with Crippen LogP contribution in [0.25, 0.3) is 0 Å². The molecule has 0 amide bonds. The standard InChI is InChI=1S/C16H22O2/c1-12-5-7-14(8-6-12)11-16(15(17)18)9-3-4-13(2)10-16/h5-8,13H,3-4,9-11H2,1-2H3,(H,17,18). The lowest BCUT2D eigenvalue weighted by Gasteiger charge is -2.36. The zero-order chi connectivity index (χ0) is 13.2. The lowest BCUT2D eigenvalue weighted by molar-refractivity contribution is -0.152. The lowest BCUT2D eigenvalue weighted by atomic mass is 9.67. The summed E-state index contributed by atoms with van der Waals surface area (Å²) in [4.78, 5) is 11.7. The van der Waals surface area contributed by atoms with Gasteiger partial charge in [0.15, 0.2) is 0 Å². The molecule has 1 N–H and O–H groups in total. The van der Waals surface area contributed by atoms with Crippen molar-refractivity contribution in [3.05, 3.63) is 35.4 Å². The average Bonchev–Trinajstić information content (AvgIpc) is 2.32. The number of carbonyl (C=O) groups is 1. The van der Waals surface area contributed by atoms with E-state index in [-0.39, 0.29) is 0 Å². The van der Waals surface area contributed by atoms with Crippen molar-refractivity contribution < 1.29 is 9.90 Å². The number of carboxylic acids is 1. The fraction of sp³-hybridized carbons (Fsp3) is 0.562. The van der Waals surface area contributed by atoms with Gasteiger partial charge in [-0.3, -0.25) is 4.79 Å². The molecule has 2 unspecified atom stereocenters. The Kier molecular flexibility index (Phi) is 3.74. The van der Waals surface area contributed by atoms with E-state index in [2.05, 4.69) is 38.1 Å². The molecule has 1 fully saturated rings. The van der Waals surface area contributed by atoms with Gasteiger partial charge in [0.05, 0.1) is 5.41 Å². The predicted octanol–water partition coefficient (Wildman–Crippen LogP) is 3.82. The summed E-state index contributed by atoms with van der Waals surface area (Å²) in [6.45, 7) is 4.23. The van der Waals surface area contributed by atoms with E-state index in [0.717, 1.165) is 24.8 Å². The molecule has 1 aromatic rings. The van der Waals surface area contributed by atoms with Crippen molar-refractivity contribution in [2.24, 2.45) is 11.3 Å². The minimum absolute atomic E-state index is 0.528. The summed E-state index contributed by atoms with van der Waals surface area (Å²) in [7, 11) is 0. The summed E-state index contributed by atoms with van der Waals surface area (Å²) in [5.41, 5.74) is 1.84. The molecular formula is C16H22O2. The molecule has 1 aliphatic carbocycles. The van der Waals surface area contributed by atoms with Gasteiger partial charge in [-0.2, -0.15) is 0 Å². The molecule has 0 heterocycles. The Labute approximate surface area is 109 Å². The smallest absolute Gasteiger partial charge is 0.309 e. The Morgan fingerprint density at radius 1 is 1.39 bits per heavy atom. The zero-order valence-electron chi connectivity index (χ0n) is 11.3. The number of aliphatic carboxylic acids is 1. The molecule has 98 valence electrons. The number of hydrogen-bond donors (Lipinski definition) is 1. The zero-order valence-corrected chi connectivity index (χ0v) is 11.3. The first-order valence-electron chi connectivity index (χ1n) is 6.81. The van der Waals surface area contributed by atoms with Gasteiger partial charge in [0, 0.05) is 0 Å². The van der Waals surface area contributed by atoms with Crippen LogP contribution < -0.4 is 0 Å². The first-order chi connectivity index (χ1) is 8.52. The first kappa shape index (κ1) is 13.1. The number of hydrogen-bond acceptors (Lipinski definition) is 1. The second-order valence-electron chi connectivity index (χ2n) is 5.95. The maximum Gasteiger partial charge on any atom is 0.309 e. The third-order valence-electron chi connectivity index (χ3n) is 4.21. The van der Waals surface area contributed by atoms with Crippen LogP contribution in [-0.2, 0) is 11.2 Å². The van der Waals surface area contributed by atoms with Gasteiger partial charge >= 0.3 is 5.97 Å². The molecule has 2 rings (SSSR count). The van der Waals surface area contributed by atoms with Crippen molar-refractivity contribution >= 4 is 5.97 Å². The summed E-state index contributed by atoms with van der Waals surface area (Å²) in [5.74, 6) is -0.0880. The quantitative estimate of drug-likeness (QED) is 0.880. The number of aryl methyl sites for hydroxylation is 1. The predicted molar refractivity (Wildman–Crippen MR) is 72.6 cm³/mol. The molecule has 1 saturated carbocycles. The topological polar surface area (TPSA) is 37.3 Å². The van der Waals surface area contributed by atoms with Gasteiger partial charge in [-0.05, 0) is 37.7 Å². The third kappa shape index (κ3) is 2.74. The Hall–Kier alpha value is -1.31. The van der Waals surface area contributed by atoms with Crippen molar-refractivity contribution in [1.29, 1.82) is 0 Å². The van der Waals surface area contributed by atoms with Crippen molar-refractivity contribution in [3.8, 4) is 0 Å². The van der Waals surface area contributed by atoms with Crippen LogP contribution in [0.4, 0.5) is 0 Å². The van der Waals surface area contributed by atoms with E-state index in [1.165, 1.54) is 12.0 Å². The van der Waals surface area contributed by atoms with E-state index >= 15 is 0 Å². The van der Waals surface area contributed by atoms with Crippen LogP contribution in [0.5, 0.6) is 0 Å². The highest BCUT2D eigenvalue weighted by molar-refractivity contribution is 5.75. The van der Waals surface area contributed by atoms with Crippen LogP contribution >= 0.6 is 0 Å². The van der Waals surface area contributed by atoms with Crippen molar-refractivity contribution in [1.82, 2.24) is 0 Å². The molecule has 0 aromatic heterocycles. The summed E-state index contributed by atoms with van der Waals surface area (Å²) in [6.07, 6.45) is 4.52. The van der Waals surface area contributed by atoms with Crippen molar-refractivity contribution in [2.75, 3.05) is 0 Å². The summed E-state index contributed by atoms with van der Waals surface area (Å²) in [5, 5.41) is 9.62. The summed E-state index contributed by atoms with van der Waals surface area (Å²) < 4.78 is 0. The van der Waals surface area contributed by atoms with E-state index in [1.807, 2.05) is 0 Å². The fourth-order valence-electron chi connectivity index (χ4n) is 3.19. The SMILES string of the molecule is Cc1ccc(CC2(C(=O)O)CCCC(C)C2)cc1. The van der Waals surface area contributed by atoms with Gasteiger partial charge in [0.1, 0.15) is 0 Å². The van der Waals surface area contributed by atoms with Gasteiger partial charge < -0.3 is 5.11 Å². The highest BCUT2D eigenvalue weighted by Crippen LogP contribution is 2.42. The molecule has 0 radical (unpaired) electrons. The minimum Gasteiger partial charge on any atom is -0.481 e. The molecule has 1 aliphatic rings. The van der Waals surface area contributed by atoms with Crippen molar-refractivity contribution in [2.45, 2.75) is 46.0 Å². The highest BCUT2D eigenvalue weighted by atomic mass is 16.4. The number of rotatable bonds is 3. The molecule has 0 aliphatic heterocycles. The minimum atomic E-state index is -0.616. The van der Waals surface area contributed by atoms with Gasteiger partial charge in [-0.25, -0.2) is 0 Å². The van der Waals surface area contributed by atoms with Crippen LogP contribution in [0.15, 0.2) is 24.3 Å². The highest BCUT2D eigenvalue weighted by Gasteiger charge is 2.41. The second kappa shape index (κ2) is 5.13. The van der Waals surface area contributed by atoms with Gasteiger partial charge in [-0.1, -0.05) is 49.6 Å². The lowest BCUT2D eigenvalue weighted by Crippen LogP contribution is -2.37. The fourth-order valence-corrected chi connectivity index (χ4v) is 3.19. The Morgan fingerprint density at radius 3 is 2.61 bits per heavy atom. The maximum atomic E-state index is 11.7. The molecular weight excluding hydrogens is 224 g/mol. The molecule has 0 spiro atoms. The Bertz CT molecular complexity index is 421. The maximum absolute atomic E-state index is 11.7. The number of carboxylic acid groups (broad SMARTS) is 1. The van der Waals surface area contributed by atoms with E-state index < -0.39 is 11.4 Å². The van der Waals surface area contributed by atoms with E-state index in [1.54, 1.807) is 0 Å². The van der Waals surface area contributed by atoms with Crippen LogP contribution in [0.1, 0.15) is 43.7 Å². The van der Waals surface area contributed by atoms with Crippen LogP contribution in [0.3, 0.4) is 0 Å². The van der Waals surface area contributed by atoms with Crippen molar-refractivity contribution in [3.63, 3.8) is 0 Å².